The molecule has 0 saturated carbocycles. The van der Waals surface area contributed by atoms with Crippen molar-refractivity contribution in [2.75, 3.05) is 19.4 Å². The number of aromatic nitrogens is 1. The van der Waals surface area contributed by atoms with Gasteiger partial charge < -0.3 is 15.4 Å². The molecule has 1 aliphatic heterocycles. The third-order valence-electron chi connectivity index (χ3n) is 2.44. The van der Waals surface area contributed by atoms with Gasteiger partial charge in [0.1, 0.15) is 6.61 Å². The van der Waals surface area contributed by atoms with Gasteiger partial charge in [-0.15, -0.1) is 11.8 Å². The molecule has 0 aromatic carbocycles. The maximum Gasteiger partial charge on any atom is 0.338 e. The Kier molecular flexibility index (Phi) is 4.03. The van der Waals surface area contributed by atoms with Crippen molar-refractivity contribution >= 4 is 23.8 Å². The van der Waals surface area contributed by atoms with E-state index in [0.717, 1.165) is 5.03 Å². The van der Waals surface area contributed by atoms with E-state index in [1.54, 1.807) is 18.3 Å². The number of amides is 2. The second-order valence-electron chi connectivity index (χ2n) is 3.74. The number of carbonyl (C=O) groups is 2. The Bertz CT molecular complexity index is 467. The minimum atomic E-state index is -0.408. The summed E-state index contributed by atoms with van der Waals surface area (Å²) in [5, 5.41) is 6.00. The van der Waals surface area contributed by atoms with Gasteiger partial charge in [-0.05, 0) is 18.4 Å². The molecule has 0 unspecified atom stereocenters. The molecule has 2 amide bonds. The third-order valence-corrected chi connectivity index (χ3v) is 3.08. The number of esters is 1. The van der Waals surface area contributed by atoms with Crippen molar-refractivity contribution in [3.8, 4) is 0 Å². The molecule has 0 spiro atoms. The first-order valence-corrected chi connectivity index (χ1v) is 6.63. The molecule has 0 aliphatic carbocycles. The lowest BCUT2D eigenvalue weighted by Crippen LogP contribution is -2.32. The zero-order valence-corrected chi connectivity index (χ0v) is 10.6. The number of pyridine rings is 1. The zero-order valence-electron chi connectivity index (χ0n) is 9.80. The maximum atomic E-state index is 11.8. The van der Waals surface area contributed by atoms with Gasteiger partial charge in [0.05, 0.1) is 16.6 Å². The summed E-state index contributed by atoms with van der Waals surface area (Å²) in [6.07, 6.45) is 3.46. The van der Waals surface area contributed by atoms with Crippen molar-refractivity contribution in [3.05, 3.63) is 23.9 Å². The fourth-order valence-corrected chi connectivity index (χ4v) is 1.92. The molecule has 0 bridgehead atoms. The van der Waals surface area contributed by atoms with Crippen LogP contribution in [0.2, 0.25) is 0 Å². The van der Waals surface area contributed by atoms with Gasteiger partial charge >= 0.3 is 12.0 Å². The molecule has 2 rings (SSSR count). The van der Waals surface area contributed by atoms with E-state index in [2.05, 4.69) is 15.6 Å². The largest absolute Gasteiger partial charge is 0.460 e. The van der Waals surface area contributed by atoms with Crippen LogP contribution in [-0.2, 0) is 4.74 Å². The Hall–Kier alpha value is -1.76. The number of carbonyl (C=O) groups excluding carboxylic acids is 2. The summed E-state index contributed by atoms with van der Waals surface area (Å²) in [4.78, 5) is 26.7. The number of hydrogen-bond acceptors (Lipinski definition) is 5. The Morgan fingerprint density at radius 1 is 1.67 bits per heavy atom. The minimum absolute atomic E-state index is 0.161. The second kappa shape index (κ2) is 5.72. The van der Waals surface area contributed by atoms with Crippen molar-refractivity contribution in [1.29, 1.82) is 0 Å². The number of hydrogen-bond donors (Lipinski definition) is 2. The molecule has 2 heterocycles. The molecular formula is C11H13N3O3S. The van der Waals surface area contributed by atoms with Gasteiger partial charge in [-0.25, -0.2) is 14.6 Å². The number of urea groups is 1. The molecule has 1 saturated heterocycles. The topological polar surface area (TPSA) is 80.3 Å². The lowest BCUT2D eigenvalue weighted by Gasteiger charge is -2.09. The third kappa shape index (κ3) is 3.13. The molecule has 1 fully saturated rings. The number of thioether (sulfide) groups is 1. The van der Waals surface area contributed by atoms with Crippen LogP contribution in [0.1, 0.15) is 10.4 Å². The van der Waals surface area contributed by atoms with Crippen LogP contribution in [0.5, 0.6) is 0 Å². The smallest absolute Gasteiger partial charge is 0.338 e. The average Bonchev–Trinajstić information content (AvgIpc) is 2.82. The molecule has 1 aliphatic rings. The lowest BCUT2D eigenvalue weighted by atomic mass is 10.3. The van der Waals surface area contributed by atoms with E-state index in [9.17, 15) is 9.59 Å². The van der Waals surface area contributed by atoms with Crippen LogP contribution in [0.25, 0.3) is 0 Å². The summed E-state index contributed by atoms with van der Waals surface area (Å²) >= 11 is 1.46. The van der Waals surface area contributed by atoms with Crippen LogP contribution in [0, 0.1) is 0 Å². The van der Waals surface area contributed by atoms with Crippen LogP contribution in [-0.4, -0.2) is 42.4 Å². The molecule has 0 radical (unpaired) electrons. The standard InChI is InChI=1S/C11H13N3O3S/c1-18-9-4-7(2-3-12-9)10(15)17-6-8-5-13-11(16)14-8/h2-4,8H,5-6H2,1H3,(H2,13,14,16)/t8-/m0/s1. The first kappa shape index (κ1) is 12.7. The molecular weight excluding hydrogens is 254 g/mol. The number of nitrogens with one attached hydrogen (secondary N) is 2. The van der Waals surface area contributed by atoms with Crippen molar-refractivity contribution in [3.63, 3.8) is 0 Å². The quantitative estimate of drug-likeness (QED) is 0.618. The van der Waals surface area contributed by atoms with Gasteiger partial charge in [0.15, 0.2) is 0 Å². The van der Waals surface area contributed by atoms with E-state index in [0.29, 0.717) is 12.1 Å². The summed E-state index contributed by atoms with van der Waals surface area (Å²) < 4.78 is 5.13. The fourth-order valence-electron chi connectivity index (χ4n) is 1.51. The molecule has 6 nitrogen and oxygen atoms in total. The SMILES string of the molecule is CSc1cc(C(=O)OC[C@@H]2CNC(=O)N2)ccn1. The Morgan fingerprint density at radius 3 is 3.17 bits per heavy atom. The van der Waals surface area contributed by atoms with E-state index < -0.39 is 5.97 Å². The molecule has 1 atom stereocenters. The highest BCUT2D eigenvalue weighted by atomic mass is 32.2. The predicted octanol–water partition coefficient (Wildman–Crippen LogP) is 0.642. The molecule has 2 N–H and O–H groups in total. The first-order valence-electron chi connectivity index (χ1n) is 5.40. The van der Waals surface area contributed by atoms with E-state index >= 15 is 0 Å². The Labute approximate surface area is 108 Å². The van der Waals surface area contributed by atoms with E-state index in [4.69, 9.17) is 4.74 Å². The molecule has 1 aromatic heterocycles. The molecule has 96 valence electrons. The highest BCUT2D eigenvalue weighted by molar-refractivity contribution is 7.98. The molecule has 1 aromatic rings. The summed E-state index contributed by atoms with van der Waals surface area (Å²) in [7, 11) is 0. The Balaban J connectivity index is 1.89. The minimum Gasteiger partial charge on any atom is -0.460 e. The van der Waals surface area contributed by atoms with Crippen LogP contribution >= 0.6 is 11.8 Å². The fraction of sp³-hybridized carbons (Fsp3) is 0.364. The summed E-state index contributed by atoms with van der Waals surface area (Å²) in [5.41, 5.74) is 0.464. The number of nitrogens with zero attached hydrogens (tertiary/aromatic N) is 1. The van der Waals surface area contributed by atoms with Crippen molar-refractivity contribution in [1.82, 2.24) is 15.6 Å². The van der Waals surface area contributed by atoms with E-state index in [-0.39, 0.29) is 18.7 Å². The summed E-state index contributed by atoms with van der Waals surface area (Å²) in [6, 6.07) is 2.89. The van der Waals surface area contributed by atoms with Crippen LogP contribution < -0.4 is 10.6 Å². The van der Waals surface area contributed by atoms with Crippen LogP contribution in [0.15, 0.2) is 23.4 Å². The molecule has 18 heavy (non-hydrogen) atoms. The van der Waals surface area contributed by atoms with Gasteiger partial charge in [-0.3, -0.25) is 0 Å². The monoisotopic (exact) mass is 267 g/mol. The first-order chi connectivity index (χ1) is 8.69. The van der Waals surface area contributed by atoms with Gasteiger partial charge in [0, 0.05) is 12.7 Å². The van der Waals surface area contributed by atoms with Crippen molar-refractivity contribution in [2.24, 2.45) is 0 Å². The Morgan fingerprint density at radius 2 is 2.50 bits per heavy atom. The van der Waals surface area contributed by atoms with E-state index in [1.165, 1.54) is 11.8 Å². The predicted molar refractivity (Wildman–Crippen MR) is 66.6 cm³/mol. The number of rotatable bonds is 4. The van der Waals surface area contributed by atoms with Crippen LogP contribution in [0.3, 0.4) is 0 Å². The maximum absolute atomic E-state index is 11.8. The lowest BCUT2D eigenvalue weighted by molar-refractivity contribution is 0.0478. The van der Waals surface area contributed by atoms with Crippen molar-refractivity contribution < 1.29 is 14.3 Å². The highest BCUT2D eigenvalue weighted by Gasteiger charge is 2.21. The van der Waals surface area contributed by atoms with Gasteiger partial charge in [-0.2, -0.15) is 0 Å². The van der Waals surface area contributed by atoms with Gasteiger partial charge in [0.25, 0.3) is 0 Å². The molecule has 7 heteroatoms. The average molecular weight is 267 g/mol. The van der Waals surface area contributed by atoms with Gasteiger partial charge in [0.2, 0.25) is 0 Å². The highest BCUT2D eigenvalue weighted by Crippen LogP contribution is 2.13. The van der Waals surface area contributed by atoms with Crippen LogP contribution in [0.4, 0.5) is 4.79 Å². The zero-order chi connectivity index (χ0) is 13.0. The summed E-state index contributed by atoms with van der Waals surface area (Å²) in [5.74, 6) is -0.408. The normalized spacial score (nSPS) is 18.1. The second-order valence-corrected chi connectivity index (χ2v) is 4.56. The van der Waals surface area contributed by atoms with E-state index in [1.807, 2.05) is 6.26 Å². The number of ether oxygens (including phenoxy) is 1. The van der Waals surface area contributed by atoms with Crippen molar-refractivity contribution in [2.45, 2.75) is 11.1 Å². The van der Waals surface area contributed by atoms with Gasteiger partial charge in [-0.1, -0.05) is 0 Å². The summed E-state index contributed by atoms with van der Waals surface area (Å²) in [6.45, 7) is 0.632.